The molecule has 4 aliphatic rings. The van der Waals surface area contributed by atoms with Crippen LogP contribution in [0.5, 0.6) is 0 Å². The van der Waals surface area contributed by atoms with Gasteiger partial charge in [0, 0.05) is 55.2 Å². The molecule has 2 aromatic rings. The van der Waals surface area contributed by atoms with Crippen molar-refractivity contribution in [3.8, 4) is 0 Å². The first-order valence-corrected chi connectivity index (χ1v) is 14.3. The van der Waals surface area contributed by atoms with E-state index in [-0.39, 0.29) is 73.3 Å². The van der Waals surface area contributed by atoms with Gasteiger partial charge in [-0.3, -0.25) is 19.7 Å². The fourth-order valence-corrected chi connectivity index (χ4v) is 6.53. The van der Waals surface area contributed by atoms with Crippen molar-refractivity contribution in [3.05, 3.63) is 51.2 Å². The van der Waals surface area contributed by atoms with Crippen LogP contribution in [0.2, 0.25) is 0 Å². The van der Waals surface area contributed by atoms with Gasteiger partial charge in [-0.1, -0.05) is 6.92 Å². The maximum absolute atomic E-state index is 15.6. The predicted molar refractivity (Wildman–Crippen MR) is 150 cm³/mol. The Morgan fingerprint density at radius 1 is 1.11 bits per heavy atom. The van der Waals surface area contributed by atoms with Crippen LogP contribution in [0, 0.1) is 11.7 Å². The Labute approximate surface area is 249 Å². The van der Waals surface area contributed by atoms with Crippen molar-refractivity contribution in [3.63, 3.8) is 0 Å². The summed E-state index contributed by atoms with van der Waals surface area (Å²) in [7, 11) is 0. The number of ether oxygens (including phenoxy) is 1. The number of halogens is 1. The molecule has 2 amide bonds. The summed E-state index contributed by atoms with van der Waals surface area (Å²) in [5.74, 6) is -4.04. The number of carbonyl (C=O) groups excluding carboxylic acids is 2. The van der Waals surface area contributed by atoms with Gasteiger partial charge in [0.05, 0.1) is 23.3 Å². The summed E-state index contributed by atoms with van der Waals surface area (Å²) in [5, 5.41) is 28.7. The number of aromatic carboxylic acids is 1. The normalized spacial score (nSPS) is 24.0. The lowest BCUT2D eigenvalue weighted by atomic mass is 9.90. The molecule has 234 valence electrons. The van der Waals surface area contributed by atoms with Gasteiger partial charge in [0.15, 0.2) is 0 Å². The highest BCUT2D eigenvalue weighted by atomic mass is 19.1. The number of aliphatic carboxylic acids is 1. The van der Waals surface area contributed by atoms with E-state index < -0.39 is 47.0 Å². The number of β-lactam (4-membered cyclic amide) rings is 1. The van der Waals surface area contributed by atoms with E-state index in [0.29, 0.717) is 11.1 Å². The molecule has 3 N–H and O–H groups in total. The third-order valence-corrected chi connectivity index (χ3v) is 9.18. The van der Waals surface area contributed by atoms with E-state index in [4.69, 9.17) is 4.74 Å². The van der Waals surface area contributed by atoms with E-state index in [2.05, 4.69) is 4.89 Å². The number of benzene rings is 1. The van der Waals surface area contributed by atoms with Crippen molar-refractivity contribution in [2.24, 2.45) is 5.92 Å². The molecule has 0 unspecified atom stereocenters. The Morgan fingerprint density at radius 3 is 2.45 bits per heavy atom. The minimum atomic E-state index is -1.39. The van der Waals surface area contributed by atoms with E-state index >= 15 is 4.39 Å². The fourth-order valence-electron chi connectivity index (χ4n) is 6.53. The summed E-state index contributed by atoms with van der Waals surface area (Å²) in [6.45, 7) is 3.11. The molecule has 15 heteroatoms. The number of carbonyl (C=O) groups is 4. The Balaban J connectivity index is 1.25. The molecular formula is C29H31FN4O10. The Morgan fingerprint density at radius 2 is 1.84 bits per heavy atom. The molecule has 0 radical (unpaired) electrons. The lowest BCUT2D eigenvalue weighted by molar-refractivity contribution is -0.284. The van der Waals surface area contributed by atoms with Gasteiger partial charge in [0.2, 0.25) is 11.3 Å². The van der Waals surface area contributed by atoms with Crippen LogP contribution in [-0.2, 0) is 19.2 Å². The number of hydrogen-bond donors (Lipinski definition) is 3. The number of carboxylic acid groups (broad SMARTS) is 2. The zero-order valence-electron chi connectivity index (χ0n) is 23.9. The highest BCUT2D eigenvalue weighted by molar-refractivity contribution is 5.98. The number of fused-ring (bicyclic) bond motifs is 2. The second-order valence-electron chi connectivity index (χ2n) is 11.7. The number of carboxylic acids is 2. The van der Waals surface area contributed by atoms with Crippen LogP contribution in [0.15, 0.2) is 34.4 Å². The molecule has 1 aliphatic carbocycles. The molecule has 6 rings (SSSR count). The van der Waals surface area contributed by atoms with E-state index in [1.807, 2.05) is 0 Å². The molecule has 1 aromatic carbocycles. The van der Waals surface area contributed by atoms with Gasteiger partial charge in [-0.25, -0.2) is 23.7 Å². The van der Waals surface area contributed by atoms with Crippen LogP contribution in [0.1, 0.15) is 49.5 Å². The van der Waals surface area contributed by atoms with Gasteiger partial charge in [0.25, 0.3) is 0 Å². The van der Waals surface area contributed by atoms with Crippen molar-refractivity contribution in [2.75, 3.05) is 31.1 Å². The SMILES string of the molecule is C[C@@H]1C(COC(=O)N2CCN(c3cc4c(cc3F)c(=O)c(C(=O)O)cn4C3CC3)C[C@H]2[C@@H](C)OO)=C(C(=O)O)N2C(=O)C[C@H]12. The summed E-state index contributed by atoms with van der Waals surface area (Å²) in [4.78, 5) is 70.5. The summed E-state index contributed by atoms with van der Waals surface area (Å²) in [5.41, 5.74) is -0.550. The quantitative estimate of drug-likeness (QED) is 0.226. The highest BCUT2D eigenvalue weighted by Gasteiger charge is 2.52. The van der Waals surface area contributed by atoms with Crippen LogP contribution in [0.25, 0.3) is 10.9 Å². The monoisotopic (exact) mass is 614 g/mol. The topological polar surface area (TPSA) is 179 Å². The van der Waals surface area contributed by atoms with Gasteiger partial charge in [-0.15, -0.1) is 0 Å². The smallest absolute Gasteiger partial charge is 0.410 e. The van der Waals surface area contributed by atoms with Gasteiger partial charge in [0.1, 0.15) is 29.8 Å². The van der Waals surface area contributed by atoms with Crippen LogP contribution in [0.4, 0.5) is 14.9 Å². The first-order chi connectivity index (χ1) is 20.9. The van der Waals surface area contributed by atoms with Gasteiger partial charge in [-0.05, 0) is 31.9 Å². The number of amides is 2. The van der Waals surface area contributed by atoms with Crippen LogP contribution < -0.4 is 10.3 Å². The molecule has 4 heterocycles. The first-order valence-electron chi connectivity index (χ1n) is 14.3. The Hall–Kier alpha value is -4.50. The summed E-state index contributed by atoms with van der Waals surface area (Å²) in [6, 6.07) is 1.40. The van der Waals surface area contributed by atoms with E-state index in [1.165, 1.54) is 29.0 Å². The number of nitrogens with zero attached hydrogens (tertiary/aromatic N) is 4. The molecule has 3 fully saturated rings. The molecule has 3 aliphatic heterocycles. The molecule has 0 bridgehead atoms. The summed E-state index contributed by atoms with van der Waals surface area (Å²) >= 11 is 0. The molecule has 0 spiro atoms. The van der Waals surface area contributed by atoms with Crippen molar-refractivity contribution >= 4 is 40.5 Å². The van der Waals surface area contributed by atoms with E-state index in [0.717, 1.165) is 18.9 Å². The average Bonchev–Trinajstić information content (AvgIpc) is 3.80. The second kappa shape index (κ2) is 10.9. The fraction of sp³-hybridized carbons (Fsp3) is 0.483. The van der Waals surface area contributed by atoms with Crippen LogP contribution in [0.3, 0.4) is 0 Å². The minimum absolute atomic E-state index is 0.00392. The molecule has 2 saturated heterocycles. The maximum Gasteiger partial charge on any atom is 0.410 e. The summed E-state index contributed by atoms with van der Waals surface area (Å²) in [6.07, 6.45) is 1.35. The number of rotatable bonds is 8. The summed E-state index contributed by atoms with van der Waals surface area (Å²) < 4.78 is 22.8. The third kappa shape index (κ3) is 4.76. The maximum atomic E-state index is 15.6. The van der Waals surface area contributed by atoms with Crippen molar-refractivity contribution < 1.29 is 48.7 Å². The Kier molecular flexibility index (Phi) is 7.32. The first kappa shape index (κ1) is 29.6. The second-order valence-corrected chi connectivity index (χ2v) is 11.7. The largest absolute Gasteiger partial charge is 0.477 e. The van der Waals surface area contributed by atoms with Crippen molar-refractivity contribution in [1.82, 2.24) is 14.4 Å². The number of aromatic nitrogens is 1. The highest BCUT2D eigenvalue weighted by Crippen LogP contribution is 2.43. The number of anilines is 1. The van der Waals surface area contributed by atoms with Crippen molar-refractivity contribution in [1.29, 1.82) is 0 Å². The van der Waals surface area contributed by atoms with E-state index in [1.54, 1.807) is 16.4 Å². The van der Waals surface area contributed by atoms with Gasteiger partial charge in [-0.2, -0.15) is 0 Å². The van der Waals surface area contributed by atoms with Crippen molar-refractivity contribution in [2.45, 2.75) is 57.3 Å². The number of hydrogen-bond acceptors (Lipinski definition) is 9. The number of piperazine rings is 1. The van der Waals surface area contributed by atoms with Gasteiger partial charge >= 0.3 is 18.0 Å². The zero-order chi connectivity index (χ0) is 31.6. The third-order valence-electron chi connectivity index (χ3n) is 9.18. The Bertz CT molecular complexity index is 1680. The molecular weight excluding hydrogens is 583 g/mol. The van der Waals surface area contributed by atoms with Gasteiger partial charge < -0.3 is 29.3 Å². The van der Waals surface area contributed by atoms with E-state index in [9.17, 15) is 39.4 Å². The average molecular weight is 615 g/mol. The standard InChI is InChI=1S/C29H31FN4O10/c1-13-18(25(28(39)40)34-20(13)9-24(34)35)12-43-29(41)32-6-5-31(11-23(32)14(2)44-42)22-8-21-16(7-19(22)30)26(36)17(27(37)38)10-33(21)15-3-4-15/h7-8,10,13-15,20,23,42H,3-6,9,11-12H2,1-2H3,(H,37,38)(H,39,40)/t13-,14-,20-,23+/m1/s1. The predicted octanol–water partition coefficient (Wildman–Crippen LogP) is 2.27. The lowest BCUT2D eigenvalue weighted by Gasteiger charge is -2.43. The zero-order valence-corrected chi connectivity index (χ0v) is 23.9. The minimum Gasteiger partial charge on any atom is -0.477 e. The van der Waals surface area contributed by atoms with Crippen LogP contribution in [-0.4, -0.2) is 98.2 Å². The lowest BCUT2D eigenvalue weighted by Crippen LogP contribution is -2.59. The van der Waals surface area contributed by atoms with Crippen LogP contribution >= 0.6 is 0 Å². The number of pyridine rings is 1. The molecule has 14 nitrogen and oxygen atoms in total. The molecule has 4 atom stereocenters. The molecule has 1 saturated carbocycles. The molecule has 1 aromatic heterocycles. The molecule has 44 heavy (non-hydrogen) atoms.